The monoisotopic (exact) mass is 172 g/mol. The molecule has 1 aliphatic rings. The second-order valence-corrected chi connectivity index (χ2v) is 3.59. The Bertz CT molecular complexity index is 180. The molecule has 1 heterocycles. The molecule has 0 spiro atoms. The molecular formula is C8H16N2O2. The molecule has 0 saturated carbocycles. The van der Waals surface area contributed by atoms with Gasteiger partial charge >= 0.3 is 0 Å². The highest BCUT2D eigenvalue weighted by molar-refractivity contribution is 5.78. The lowest BCUT2D eigenvalue weighted by Crippen LogP contribution is -2.38. The van der Waals surface area contributed by atoms with E-state index in [1.165, 1.54) is 0 Å². The minimum atomic E-state index is -0.677. The summed E-state index contributed by atoms with van der Waals surface area (Å²) in [5.41, 5.74) is -0.677. The van der Waals surface area contributed by atoms with Gasteiger partial charge in [0.15, 0.2) is 0 Å². The maximum absolute atomic E-state index is 11.3. The molecule has 0 aromatic rings. The van der Waals surface area contributed by atoms with Crippen molar-refractivity contribution in [1.29, 1.82) is 0 Å². The number of hydrogen-bond acceptors (Lipinski definition) is 3. The Morgan fingerprint density at radius 3 is 2.83 bits per heavy atom. The molecule has 1 saturated heterocycles. The molecule has 70 valence electrons. The van der Waals surface area contributed by atoms with Gasteiger partial charge in [0.1, 0.15) is 0 Å². The van der Waals surface area contributed by atoms with Gasteiger partial charge in [-0.3, -0.25) is 4.79 Å². The second kappa shape index (κ2) is 3.41. The van der Waals surface area contributed by atoms with Crippen molar-refractivity contribution < 1.29 is 9.90 Å². The third-order valence-electron chi connectivity index (χ3n) is 2.13. The molecule has 1 unspecified atom stereocenters. The number of nitrogens with zero attached hydrogens (tertiary/aromatic N) is 1. The average molecular weight is 172 g/mol. The third-order valence-corrected chi connectivity index (χ3v) is 2.13. The lowest BCUT2D eigenvalue weighted by Gasteiger charge is -2.18. The smallest absolute Gasteiger partial charge is 0.236 e. The summed E-state index contributed by atoms with van der Waals surface area (Å²) in [5.74, 6) is 0.0651. The van der Waals surface area contributed by atoms with E-state index in [1.54, 1.807) is 18.9 Å². The van der Waals surface area contributed by atoms with Crippen LogP contribution in [0.2, 0.25) is 0 Å². The zero-order valence-corrected chi connectivity index (χ0v) is 7.63. The Morgan fingerprint density at radius 2 is 2.42 bits per heavy atom. The molecule has 0 radical (unpaired) electrons. The molecule has 4 nitrogen and oxygen atoms in total. The number of likely N-dealkylation sites (N-methyl/N-ethyl adjacent to an activating group) is 1. The van der Waals surface area contributed by atoms with E-state index >= 15 is 0 Å². The zero-order valence-electron chi connectivity index (χ0n) is 7.63. The maximum atomic E-state index is 11.3. The standard InChI is InChI=1S/C8H16N2O2/c1-8(12)3-4-10(6-8)7(11)5-9-2/h9,12H,3-6H2,1-2H3. The number of rotatable bonds is 2. The first-order chi connectivity index (χ1) is 5.55. The molecule has 1 atom stereocenters. The Labute approximate surface area is 72.6 Å². The van der Waals surface area contributed by atoms with E-state index < -0.39 is 5.60 Å². The molecule has 0 aromatic carbocycles. The van der Waals surface area contributed by atoms with Crippen molar-refractivity contribution >= 4 is 5.91 Å². The quantitative estimate of drug-likeness (QED) is 0.573. The van der Waals surface area contributed by atoms with Crippen molar-refractivity contribution in [2.45, 2.75) is 18.9 Å². The van der Waals surface area contributed by atoms with Crippen LogP contribution in [-0.2, 0) is 4.79 Å². The zero-order chi connectivity index (χ0) is 9.19. The van der Waals surface area contributed by atoms with Crippen LogP contribution in [0, 0.1) is 0 Å². The van der Waals surface area contributed by atoms with E-state index in [4.69, 9.17) is 0 Å². The highest BCUT2D eigenvalue weighted by atomic mass is 16.3. The second-order valence-electron chi connectivity index (χ2n) is 3.59. The topological polar surface area (TPSA) is 52.6 Å². The van der Waals surface area contributed by atoms with E-state index in [-0.39, 0.29) is 5.91 Å². The van der Waals surface area contributed by atoms with Crippen molar-refractivity contribution in [3.05, 3.63) is 0 Å². The van der Waals surface area contributed by atoms with E-state index in [2.05, 4.69) is 5.32 Å². The van der Waals surface area contributed by atoms with Gasteiger partial charge in [0.25, 0.3) is 0 Å². The van der Waals surface area contributed by atoms with Crippen molar-refractivity contribution in [2.75, 3.05) is 26.7 Å². The Balaban J connectivity index is 2.41. The summed E-state index contributed by atoms with van der Waals surface area (Å²) >= 11 is 0. The number of hydrogen-bond donors (Lipinski definition) is 2. The number of carbonyl (C=O) groups is 1. The summed E-state index contributed by atoms with van der Waals surface area (Å²) in [5, 5.41) is 12.4. The Kier molecular flexibility index (Phi) is 2.69. The van der Waals surface area contributed by atoms with Gasteiger partial charge in [0, 0.05) is 13.1 Å². The van der Waals surface area contributed by atoms with Crippen molar-refractivity contribution in [1.82, 2.24) is 10.2 Å². The highest BCUT2D eigenvalue weighted by Gasteiger charge is 2.33. The summed E-state index contributed by atoms with van der Waals surface area (Å²) < 4.78 is 0. The molecule has 0 aromatic heterocycles. The van der Waals surface area contributed by atoms with Crippen LogP contribution < -0.4 is 5.32 Å². The summed E-state index contributed by atoms with van der Waals surface area (Å²) in [6, 6.07) is 0. The predicted octanol–water partition coefficient (Wildman–Crippen LogP) is -0.811. The minimum absolute atomic E-state index is 0.0651. The number of β-amino-alcohol motifs (C(OH)–C–C–N with tert-alkyl or cyclic N) is 1. The lowest BCUT2D eigenvalue weighted by atomic mass is 10.1. The summed E-state index contributed by atoms with van der Waals surface area (Å²) in [6.45, 7) is 3.26. The number of aliphatic hydroxyl groups is 1. The third kappa shape index (κ3) is 2.19. The number of carbonyl (C=O) groups excluding carboxylic acids is 1. The molecule has 0 aliphatic carbocycles. The van der Waals surface area contributed by atoms with Crippen molar-refractivity contribution in [3.8, 4) is 0 Å². The summed E-state index contributed by atoms with van der Waals surface area (Å²) in [6.07, 6.45) is 0.683. The van der Waals surface area contributed by atoms with Gasteiger partial charge in [0.05, 0.1) is 12.1 Å². The van der Waals surface area contributed by atoms with Crippen LogP contribution in [0.1, 0.15) is 13.3 Å². The van der Waals surface area contributed by atoms with Crippen LogP contribution in [0.4, 0.5) is 0 Å². The molecule has 12 heavy (non-hydrogen) atoms. The van der Waals surface area contributed by atoms with E-state index in [1.807, 2.05) is 0 Å². The van der Waals surface area contributed by atoms with Crippen LogP contribution in [-0.4, -0.2) is 48.2 Å². The van der Waals surface area contributed by atoms with Gasteiger partial charge in [0.2, 0.25) is 5.91 Å². The molecule has 2 N–H and O–H groups in total. The van der Waals surface area contributed by atoms with Gasteiger partial charge in [-0.2, -0.15) is 0 Å². The van der Waals surface area contributed by atoms with Gasteiger partial charge in [-0.15, -0.1) is 0 Å². The number of nitrogens with one attached hydrogen (secondary N) is 1. The Morgan fingerprint density at radius 1 is 1.75 bits per heavy atom. The fraction of sp³-hybridized carbons (Fsp3) is 0.875. The first kappa shape index (κ1) is 9.48. The minimum Gasteiger partial charge on any atom is -0.388 e. The largest absolute Gasteiger partial charge is 0.388 e. The number of likely N-dealkylation sites (tertiary alicyclic amines) is 1. The van der Waals surface area contributed by atoms with E-state index in [0.29, 0.717) is 26.1 Å². The molecule has 4 heteroatoms. The van der Waals surface area contributed by atoms with Gasteiger partial charge in [-0.05, 0) is 20.4 Å². The van der Waals surface area contributed by atoms with E-state index in [9.17, 15) is 9.90 Å². The van der Waals surface area contributed by atoms with E-state index in [0.717, 1.165) is 0 Å². The Hall–Kier alpha value is -0.610. The van der Waals surface area contributed by atoms with Crippen LogP contribution in [0.15, 0.2) is 0 Å². The predicted molar refractivity (Wildman–Crippen MR) is 45.7 cm³/mol. The SMILES string of the molecule is CNCC(=O)N1CCC(C)(O)C1. The van der Waals surface area contributed by atoms with Crippen LogP contribution in [0.3, 0.4) is 0 Å². The molecule has 1 fully saturated rings. The lowest BCUT2D eigenvalue weighted by molar-refractivity contribution is -0.129. The fourth-order valence-corrected chi connectivity index (χ4v) is 1.42. The first-order valence-electron chi connectivity index (χ1n) is 4.20. The van der Waals surface area contributed by atoms with Crippen molar-refractivity contribution in [2.24, 2.45) is 0 Å². The molecule has 1 amide bonds. The number of amides is 1. The van der Waals surface area contributed by atoms with Crippen molar-refractivity contribution in [3.63, 3.8) is 0 Å². The average Bonchev–Trinajstić information content (AvgIpc) is 2.31. The molecule has 0 bridgehead atoms. The normalized spacial score (nSPS) is 29.4. The fourth-order valence-electron chi connectivity index (χ4n) is 1.42. The molecule has 1 aliphatic heterocycles. The molecule has 1 rings (SSSR count). The first-order valence-corrected chi connectivity index (χ1v) is 4.20. The summed E-state index contributed by atoms with van der Waals surface area (Å²) in [4.78, 5) is 13.0. The molecular weight excluding hydrogens is 156 g/mol. The van der Waals surface area contributed by atoms with Gasteiger partial charge < -0.3 is 15.3 Å². The summed E-state index contributed by atoms with van der Waals surface area (Å²) in [7, 11) is 1.74. The maximum Gasteiger partial charge on any atom is 0.236 e. The van der Waals surface area contributed by atoms with Crippen LogP contribution in [0.5, 0.6) is 0 Å². The van der Waals surface area contributed by atoms with Gasteiger partial charge in [-0.25, -0.2) is 0 Å². The van der Waals surface area contributed by atoms with Crippen LogP contribution >= 0.6 is 0 Å². The highest BCUT2D eigenvalue weighted by Crippen LogP contribution is 2.19. The van der Waals surface area contributed by atoms with Gasteiger partial charge in [-0.1, -0.05) is 0 Å². The van der Waals surface area contributed by atoms with Crippen LogP contribution in [0.25, 0.3) is 0 Å².